The van der Waals surface area contributed by atoms with E-state index in [-0.39, 0.29) is 41.0 Å². The highest BCUT2D eigenvalue weighted by Crippen LogP contribution is 2.35. The molecule has 2 heterocycles. The molecule has 0 radical (unpaired) electrons. The van der Waals surface area contributed by atoms with Crippen molar-refractivity contribution in [2.24, 2.45) is 10.4 Å². The lowest BCUT2D eigenvalue weighted by Gasteiger charge is -2.40. The van der Waals surface area contributed by atoms with Crippen molar-refractivity contribution in [2.45, 2.75) is 19.3 Å². The van der Waals surface area contributed by atoms with Crippen molar-refractivity contribution in [3.05, 3.63) is 34.4 Å². The van der Waals surface area contributed by atoms with Gasteiger partial charge in [0, 0.05) is 57.7 Å². The molecule has 1 aromatic carbocycles. The monoisotopic (exact) mass is 502 g/mol. The zero-order valence-electron chi connectivity index (χ0n) is 15.9. The number of halogens is 1. The maximum absolute atomic E-state index is 11.7. The number of carbonyl (C=O) groups is 1. The van der Waals surface area contributed by atoms with Crippen LogP contribution in [-0.4, -0.2) is 61.5 Å². The number of aliphatic imine (C=N–C) groups is 1. The SMILES string of the molecule is CN=C(NCCNc1ccccc1[N+](=O)[O-])N1CCCC2(CNC(=O)C2)C1.I. The zero-order valence-corrected chi connectivity index (χ0v) is 18.3. The van der Waals surface area contributed by atoms with E-state index in [9.17, 15) is 14.9 Å². The Balaban J connectivity index is 0.00000280. The lowest BCUT2D eigenvalue weighted by molar-refractivity contribution is -0.384. The van der Waals surface area contributed by atoms with Crippen LogP contribution < -0.4 is 16.0 Å². The number of amides is 1. The van der Waals surface area contributed by atoms with Crippen LogP contribution >= 0.6 is 24.0 Å². The molecule has 1 spiro atoms. The van der Waals surface area contributed by atoms with Crippen LogP contribution in [0.4, 0.5) is 11.4 Å². The van der Waals surface area contributed by atoms with Gasteiger partial charge in [-0.05, 0) is 18.9 Å². The van der Waals surface area contributed by atoms with Gasteiger partial charge in [0.1, 0.15) is 5.69 Å². The summed E-state index contributed by atoms with van der Waals surface area (Å²) in [7, 11) is 1.75. The fourth-order valence-electron chi connectivity index (χ4n) is 3.92. The topological polar surface area (TPSA) is 112 Å². The molecule has 9 nitrogen and oxygen atoms in total. The summed E-state index contributed by atoms with van der Waals surface area (Å²) in [6.45, 7) is 3.57. The highest BCUT2D eigenvalue weighted by Gasteiger charge is 2.42. The van der Waals surface area contributed by atoms with E-state index in [0.717, 1.165) is 38.4 Å². The number of para-hydroxylation sites is 2. The molecular formula is C18H27IN6O3. The van der Waals surface area contributed by atoms with Crippen LogP contribution in [0.15, 0.2) is 29.3 Å². The minimum absolute atomic E-state index is 0. The van der Waals surface area contributed by atoms with Crippen LogP contribution in [-0.2, 0) is 4.79 Å². The summed E-state index contributed by atoms with van der Waals surface area (Å²) in [6, 6.07) is 6.61. The number of anilines is 1. The highest BCUT2D eigenvalue weighted by molar-refractivity contribution is 14.0. The third-order valence-corrected chi connectivity index (χ3v) is 5.19. The molecule has 0 saturated carbocycles. The molecule has 1 aromatic rings. The van der Waals surface area contributed by atoms with E-state index in [1.165, 1.54) is 6.07 Å². The number of nitro groups is 1. The van der Waals surface area contributed by atoms with E-state index in [4.69, 9.17) is 0 Å². The Bertz CT molecular complexity index is 744. The van der Waals surface area contributed by atoms with Gasteiger partial charge in [-0.1, -0.05) is 12.1 Å². The second-order valence-corrected chi connectivity index (χ2v) is 7.15. The predicted octanol–water partition coefficient (Wildman–Crippen LogP) is 1.80. The summed E-state index contributed by atoms with van der Waals surface area (Å²) < 4.78 is 0. The number of nitrogens with one attached hydrogen (secondary N) is 3. The molecular weight excluding hydrogens is 475 g/mol. The molecule has 3 rings (SSSR count). The quantitative estimate of drug-likeness (QED) is 0.141. The van der Waals surface area contributed by atoms with Crippen LogP contribution in [0.1, 0.15) is 19.3 Å². The number of piperidine rings is 1. The van der Waals surface area contributed by atoms with Crippen molar-refractivity contribution in [1.82, 2.24) is 15.5 Å². The number of benzene rings is 1. The number of guanidine groups is 1. The third kappa shape index (κ3) is 5.24. The summed E-state index contributed by atoms with van der Waals surface area (Å²) in [5, 5.41) is 20.4. The van der Waals surface area contributed by atoms with Gasteiger partial charge >= 0.3 is 0 Å². The van der Waals surface area contributed by atoms with Gasteiger partial charge in [0.25, 0.3) is 5.69 Å². The normalized spacial score (nSPS) is 21.8. The molecule has 2 aliphatic rings. The molecule has 0 bridgehead atoms. The first kappa shape index (κ1) is 22.2. The standard InChI is InChI=1S/C18H26N6O3.HI/c1-19-17(23-10-4-7-18(13-23)11-16(25)22-12-18)21-9-8-20-14-5-2-3-6-15(14)24(26)27;/h2-3,5-6,20H,4,7-13H2,1H3,(H,19,21)(H,22,25);1H. The molecule has 154 valence electrons. The van der Waals surface area contributed by atoms with Crippen LogP contribution in [0.3, 0.4) is 0 Å². The van der Waals surface area contributed by atoms with Crippen LogP contribution in [0.2, 0.25) is 0 Å². The number of likely N-dealkylation sites (tertiary alicyclic amines) is 1. The first-order chi connectivity index (χ1) is 13.0. The van der Waals surface area contributed by atoms with Gasteiger partial charge in [-0.2, -0.15) is 0 Å². The van der Waals surface area contributed by atoms with Crippen molar-refractivity contribution in [3.8, 4) is 0 Å². The summed E-state index contributed by atoms with van der Waals surface area (Å²) in [5.74, 6) is 0.936. The molecule has 28 heavy (non-hydrogen) atoms. The maximum Gasteiger partial charge on any atom is 0.292 e. The fraction of sp³-hybridized carbons (Fsp3) is 0.556. The Morgan fingerprint density at radius 3 is 2.86 bits per heavy atom. The van der Waals surface area contributed by atoms with Crippen molar-refractivity contribution < 1.29 is 9.72 Å². The number of carbonyl (C=O) groups excluding carboxylic acids is 1. The van der Waals surface area contributed by atoms with Gasteiger partial charge < -0.3 is 20.9 Å². The second kappa shape index (κ2) is 9.89. The molecule has 2 saturated heterocycles. The summed E-state index contributed by atoms with van der Waals surface area (Å²) >= 11 is 0. The number of hydrogen-bond donors (Lipinski definition) is 3. The Hall–Kier alpha value is -2.11. The fourth-order valence-corrected chi connectivity index (χ4v) is 3.92. The molecule has 10 heteroatoms. The average molecular weight is 502 g/mol. The van der Waals surface area contributed by atoms with Crippen LogP contribution in [0.25, 0.3) is 0 Å². The number of hydrogen-bond acceptors (Lipinski definition) is 5. The lowest BCUT2D eigenvalue weighted by atomic mass is 9.79. The molecule has 1 unspecified atom stereocenters. The smallest absolute Gasteiger partial charge is 0.292 e. The van der Waals surface area contributed by atoms with E-state index in [0.29, 0.717) is 25.2 Å². The number of rotatable bonds is 5. The van der Waals surface area contributed by atoms with Crippen molar-refractivity contribution >= 4 is 47.2 Å². The largest absolute Gasteiger partial charge is 0.378 e. The van der Waals surface area contributed by atoms with Crippen LogP contribution in [0, 0.1) is 15.5 Å². The first-order valence-corrected chi connectivity index (χ1v) is 9.23. The summed E-state index contributed by atoms with van der Waals surface area (Å²) in [5.41, 5.74) is 0.584. The predicted molar refractivity (Wildman–Crippen MR) is 119 cm³/mol. The van der Waals surface area contributed by atoms with Crippen molar-refractivity contribution in [3.63, 3.8) is 0 Å². The first-order valence-electron chi connectivity index (χ1n) is 9.23. The van der Waals surface area contributed by atoms with Gasteiger partial charge in [0.2, 0.25) is 5.91 Å². The van der Waals surface area contributed by atoms with Gasteiger partial charge in [-0.25, -0.2) is 0 Å². The maximum atomic E-state index is 11.7. The lowest BCUT2D eigenvalue weighted by Crippen LogP contribution is -2.51. The Morgan fingerprint density at radius 2 is 2.18 bits per heavy atom. The Kier molecular flexibility index (Phi) is 7.84. The molecule has 1 amide bonds. The Morgan fingerprint density at radius 1 is 1.39 bits per heavy atom. The van der Waals surface area contributed by atoms with E-state index in [1.54, 1.807) is 25.2 Å². The third-order valence-electron chi connectivity index (χ3n) is 5.19. The second-order valence-electron chi connectivity index (χ2n) is 7.15. The van der Waals surface area contributed by atoms with E-state index in [2.05, 4.69) is 25.8 Å². The minimum Gasteiger partial charge on any atom is -0.378 e. The number of nitrogens with zero attached hydrogens (tertiary/aromatic N) is 3. The molecule has 3 N–H and O–H groups in total. The molecule has 2 aliphatic heterocycles. The van der Waals surface area contributed by atoms with Gasteiger partial charge in [-0.3, -0.25) is 19.9 Å². The van der Waals surface area contributed by atoms with E-state index >= 15 is 0 Å². The van der Waals surface area contributed by atoms with E-state index < -0.39 is 4.92 Å². The molecule has 1 atom stereocenters. The van der Waals surface area contributed by atoms with Gasteiger partial charge in [0.15, 0.2) is 5.96 Å². The van der Waals surface area contributed by atoms with Crippen LogP contribution in [0.5, 0.6) is 0 Å². The van der Waals surface area contributed by atoms with Gasteiger partial charge in [-0.15, -0.1) is 24.0 Å². The molecule has 0 aliphatic carbocycles. The van der Waals surface area contributed by atoms with Crippen molar-refractivity contribution in [1.29, 1.82) is 0 Å². The van der Waals surface area contributed by atoms with Gasteiger partial charge in [0.05, 0.1) is 4.92 Å². The average Bonchev–Trinajstić information content (AvgIpc) is 3.01. The number of nitro benzene ring substituents is 1. The minimum atomic E-state index is -0.390. The molecule has 2 fully saturated rings. The molecule has 0 aromatic heterocycles. The highest BCUT2D eigenvalue weighted by atomic mass is 127. The van der Waals surface area contributed by atoms with E-state index in [1.807, 2.05) is 0 Å². The zero-order chi connectivity index (χ0) is 19.3. The van der Waals surface area contributed by atoms with Crippen molar-refractivity contribution in [2.75, 3.05) is 45.1 Å². The summed E-state index contributed by atoms with van der Waals surface area (Å²) in [4.78, 5) is 28.9. The Labute approximate surface area is 181 Å². The summed E-state index contributed by atoms with van der Waals surface area (Å²) in [6.07, 6.45) is 2.67.